The zero-order chi connectivity index (χ0) is 9.64. The van der Waals surface area contributed by atoms with Gasteiger partial charge >= 0.3 is 0 Å². The van der Waals surface area contributed by atoms with Crippen molar-refractivity contribution in [2.45, 2.75) is 26.3 Å². The Morgan fingerprint density at radius 2 is 2.08 bits per heavy atom. The fourth-order valence-electron chi connectivity index (χ4n) is 1.53. The molecule has 0 atom stereocenters. The van der Waals surface area contributed by atoms with Gasteiger partial charge < -0.3 is 14.7 Å². The molecule has 0 aliphatic heterocycles. The topological polar surface area (TPSA) is 44.1 Å². The number of fused-ring (bicyclic) bond motifs is 1. The maximum atomic E-state index is 5.80. The van der Waals surface area contributed by atoms with Crippen LogP contribution in [-0.2, 0) is 5.54 Å². The van der Waals surface area contributed by atoms with Gasteiger partial charge in [-0.3, -0.25) is 0 Å². The summed E-state index contributed by atoms with van der Waals surface area (Å²) >= 11 is 0. The van der Waals surface area contributed by atoms with E-state index in [9.17, 15) is 0 Å². The van der Waals surface area contributed by atoms with Crippen molar-refractivity contribution in [3.8, 4) is 0 Å². The molecule has 0 amide bonds. The number of nitrogens with zero attached hydrogens (tertiary/aromatic N) is 1. The van der Waals surface area contributed by atoms with Crippen LogP contribution in [-0.4, -0.2) is 4.57 Å². The van der Waals surface area contributed by atoms with Crippen LogP contribution < -0.4 is 5.73 Å². The molecule has 2 rings (SSSR count). The number of rotatable bonds is 0. The van der Waals surface area contributed by atoms with Crippen LogP contribution in [0.2, 0.25) is 0 Å². The van der Waals surface area contributed by atoms with Crippen LogP contribution in [0.25, 0.3) is 11.1 Å². The molecule has 2 aromatic heterocycles. The van der Waals surface area contributed by atoms with Gasteiger partial charge in [-0.05, 0) is 20.8 Å². The van der Waals surface area contributed by atoms with Gasteiger partial charge in [-0.2, -0.15) is 0 Å². The Hall–Kier alpha value is -1.38. The van der Waals surface area contributed by atoms with Crippen LogP contribution in [0.5, 0.6) is 0 Å². The highest BCUT2D eigenvalue weighted by atomic mass is 16.3. The summed E-state index contributed by atoms with van der Waals surface area (Å²) in [5, 5.41) is 0. The average Bonchev–Trinajstić information content (AvgIpc) is 2.51. The summed E-state index contributed by atoms with van der Waals surface area (Å²) in [4.78, 5) is 0. The van der Waals surface area contributed by atoms with Crippen molar-refractivity contribution >= 4 is 16.8 Å². The molecule has 3 nitrogen and oxygen atoms in total. The number of nitrogens with two attached hydrogens (primary N) is 1. The van der Waals surface area contributed by atoms with Gasteiger partial charge in [0.05, 0.1) is 17.5 Å². The van der Waals surface area contributed by atoms with E-state index in [1.807, 2.05) is 12.3 Å². The molecule has 0 aliphatic rings. The van der Waals surface area contributed by atoms with Crippen LogP contribution in [0.1, 0.15) is 20.8 Å². The predicted molar refractivity (Wildman–Crippen MR) is 53.6 cm³/mol. The summed E-state index contributed by atoms with van der Waals surface area (Å²) in [6, 6.07) is 1.94. The van der Waals surface area contributed by atoms with Crippen molar-refractivity contribution in [1.29, 1.82) is 0 Å². The Balaban J connectivity index is 2.76. The molecule has 70 valence electrons. The molecule has 13 heavy (non-hydrogen) atoms. The minimum absolute atomic E-state index is 0.0414. The molecule has 0 bridgehead atoms. The molecule has 0 saturated carbocycles. The third-order valence-electron chi connectivity index (χ3n) is 2.16. The lowest BCUT2D eigenvalue weighted by Gasteiger charge is -2.21. The Labute approximate surface area is 77.1 Å². The van der Waals surface area contributed by atoms with Gasteiger partial charge in [0.1, 0.15) is 0 Å². The quantitative estimate of drug-likeness (QED) is 0.673. The van der Waals surface area contributed by atoms with E-state index in [1.54, 1.807) is 6.26 Å². The molecule has 0 unspecified atom stereocenters. The summed E-state index contributed by atoms with van der Waals surface area (Å²) in [6.07, 6.45) is 3.59. The highest BCUT2D eigenvalue weighted by molar-refractivity contribution is 5.86. The van der Waals surface area contributed by atoms with Crippen LogP contribution >= 0.6 is 0 Å². The first-order chi connectivity index (χ1) is 6.00. The molecular formula is C10H14N2O. The van der Waals surface area contributed by atoms with Crippen molar-refractivity contribution in [1.82, 2.24) is 4.57 Å². The Morgan fingerprint density at radius 3 is 2.69 bits per heavy atom. The van der Waals surface area contributed by atoms with E-state index in [1.165, 1.54) is 0 Å². The average molecular weight is 178 g/mol. The van der Waals surface area contributed by atoms with Crippen LogP contribution in [0, 0.1) is 0 Å². The van der Waals surface area contributed by atoms with Gasteiger partial charge in [0, 0.05) is 17.8 Å². The lowest BCUT2D eigenvalue weighted by atomic mass is 10.1. The van der Waals surface area contributed by atoms with E-state index in [2.05, 4.69) is 25.3 Å². The first kappa shape index (κ1) is 8.23. The maximum absolute atomic E-state index is 5.80. The number of anilines is 1. The first-order valence-corrected chi connectivity index (χ1v) is 4.34. The maximum Gasteiger partial charge on any atom is 0.174 e. The van der Waals surface area contributed by atoms with Gasteiger partial charge in [-0.25, -0.2) is 0 Å². The van der Waals surface area contributed by atoms with E-state index >= 15 is 0 Å². The fourth-order valence-corrected chi connectivity index (χ4v) is 1.53. The summed E-state index contributed by atoms with van der Waals surface area (Å²) in [5.41, 5.74) is 8.40. The molecule has 2 aromatic rings. The molecule has 0 aromatic carbocycles. The van der Waals surface area contributed by atoms with Crippen LogP contribution in [0.3, 0.4) is 0 Å². The number of aromatic nitrogens is 1. The molecule has 2 heterocycles. The zero-order valence-corrected chi connectivity index (χ0v) is 8.16. The molecule has 0 radical (unpaired) electrons. The standard InChI is InChI=1S/C10H14N2O/c1-10(2,3)12-6-7(11)9-8(12)4-5-13-9/h4-6H,11H2,1-3H3. The van der Waals surface area contributed by atoms with E-state index in [0.717, 1.165) is 11.1 Å². The smallest absolute Gasteiger partial charge is 0.174 e. The van der Waals surface area contributed by atoms with E-state index in [-0.39, 0.29) is 5.54 Å². The fraction of sp³-hybridized carbons (Fsp3) is 0.400. The summed E-state index contributed by atoms with van der Waals surface area (Å²) in [7, 11) is 0. The SMILES string of the molecule is CC(C)(C)n1cc(N)c2occc21. The second-order valence-corrected chi connectivity index (χ2v) is 4.26. The van der Waals surface area contributed by atoms with Gasteiger partial charge in [-0.1, -0.05) is 0 Å². The van der Waals surface area contributed by atoms with E-state index < -0.39 is 0 Å². The summed E-state index contributed by atoms with van der Waals surface area (Å²) in [6.45, 7) is 6.41. The van der Waals surface area contributed by atoms with Gasteiger partial charge in [0.2, 0.25) is 0 Å². The highest BCUT2D eigenvalue weighted by Crippen LogP contribution is 2.29. The highest BCUT2D eigenvalue weighted by Gasteiger charge is 2.18. The molecule has 3 heteroatoms. The number of hydrogen-bond acceptors (Lipinski definition) is 2. The van der Waals surface area contributed by atoms with Crippen molar-refractivity contribution in [3.63, 3.8) is 0 Å². The number of nitrogen functional groups attached to an aromatic ring is 1. The number of hydrogen-bond donors (Lipinski definition) is 1. The largest absolute Gasteiger partial charge is 0.460 e. The van der Waals surface area contributed by atoms with Crippen molar-refractivity contribution in [2.24, 2.45) is 0 Å². The lowest BCUT2D eigenvalue weighted by molar-refractivity contribution is 0.411. The summed E-state index contributed by atoms with van der Waals surface area (Å²) < 4.78 is 7.40. The molecular weight excluding hydrogens is 164 g/mol. The lowest BCUT2D eigenvalue weighted by Crippen LogP contribution is -2.20. The first-order valence-electron chi connectivity index (χ1n) is 4.34. The molecule has 0 aliphatic carbocycles. The third kappa shape index (κ3) is 1.11. The minimum atomic E-state index is 0.0414. The molecule has 0 saturated heterocycles. The van der Waals surface area contributed by atoms with Crippen LogP contribution in [0.15, 0.2) is 22.9 Å². The van der Waals surface area contributed by atoms with Crippen molar-refractivity contribution in [3.05, 3.63) is 18.5 Å². The molecule has 0 fully saturated rings. The van der Waals surface area contributed by atoms with Gasteiger partial charge in [0.25, 0.3) is 0 Å². The van der Waals surface area contributed by atoms with E-state index in [4.69, 9.17) is 10.2 Å². The predicted octanol–water partition coefficient (Wildman–Crippen LogP) is 2.57. The van der Waals surface area contributed by atoms with Gasteiger partial charge in [0.15, 0.2) is 5.58 Å². The minimum Gasteiger partial charge on any atom is -0.460 e. The summed E-state index contributed by atoms with van der Waals surface area (Å²) in [5.74, 6) is 0. The monoisotopic (exact) mass is 178 g/mol. The second kappa shape index (κ2) is 2.31. The second-order valence-electron chi connectivity index (χ2n) is 4.26. The Morgan fingerprint density at radius 1 is 1.38 bits per heavy atom. The normalized spacial score (nSPS) is 12.5. The zero-order valence-electron chi connectivity index (χ0n) is 8.16. The molecule has 0 spiro atoms. The van der Waals surface area contributed by atoms with Crippen LogP contribution in [0.4, 0.5) is 5.69 Å². The van der Waals surface area contributed by atoms with Crippen molar-refractivity contribution in [2.75, 3.05) is 5.73 Å². The Bertz CT molecular complexity index is 431. The van der Waals surface area contributed by atoms with Gasteiger partial charge in [-0.15, -0.1) is 0 Å². The third-order valence-corrected chi connectivity index (χ3v) is 2.16. The Kier molecular flexibility index (Phi) is 1.46. The molecule has 2 N–H and O–H groups in total. The number of furan rings is 1. The van der Waals surface area contributed by atoms with E-state index in [0.29, 0.717) is 5.69 Å². The van der Waals surface area contributed by atoms with Crippen molar-refractivity contribution < 1.29 is 4.42 Å².